The van der Waals surface area contributed by atoms with Crippen molar-refractivity contribution >= 4 is 5.78 Å². The van der Waals surface area contributed by atoms with Gasteiger partial charge in [-0.2, -0.15) is 0 Å². The van der Waals surface area contributed by atoms with Gasteiger partial charge in [0.2, 0.25) is 0 Å². The Labute approximate surface area is 98.7 Å². The molecular formula is C14H22O2. The number of rotatable bonds is 3. The van der Waals surface area contributed by atoms with E-state index >= 15 is 0 Å². The second-order valence-corrected chi connectivity index (χ2v) is 3.61. The Morgan fingerprint density at radius 2 is 2.00 bits per heavy atom. The molecule has 1 aliphatic rings. The lowest BCUT2D eigenvalue weighted by atomic mass is 10.1. The van der Waals surface area contributed by atoms with Crippen molar-refractivity contribution in [2.75, 3.05) is 6.61 Å². The van der Waals surface area contributed by atoms with Crippen molar-refractivity contribution in [3.8, 4) is 0 Å². The highest BCUT2D eigenvalue weighted by molar-refractivity contribution is 5.76. The summed E-state index contributed by atoms with van der Waals surface area (Å²) in [6.07, 6.45) is 8.00. The largest absolute Gasteiger partial charge is 0.362 e. The van der Waals surface area contributed by atoms with Gasteiger partial charge in [-0.1, -0.05) is 37.6 Å². The highest BCUT2D eigenvalue weighted by Gasteiger charge is 2.10. The van der Waals surface area contributed by atoms with Crippen molar-refractivity contribution < 1.29 is 9.53 Å². The van der Waals surface area contributed by atoms with E-state index in [0.29, 0.717) is 0 Å². The zero-order valence-corrected chi connectivity index (χ0v) is 10.9. The molecule has 1 unspecified atom stereocenters. The predicted octanol–water partition coefficient (Wildman–Crippen LogP) is 3.45. The van der Waals surface area contributed by atoms with Gasteiger partial charge in [-0.15, -0.1) is 0 Å². The highest BCUT2D eigenvalue weighted by atomic mass is 16.5. The quantitative estimate of drug-likeness (QED) is 0.731. The molecule has 0 saturated carbocycles. The van der Waals surface area contributed by atoms with E-state index in [0.717, 1.165) is 11.1 Å². The fourth-order valence-electron chi connectivity index (χ4n) is 1.26. The number of hydrogen-bond acceptors (Lipinski definition) is 2. The number of ketones is 1. The summed E-state index contributed by atoms with van der Waals surface area (Å²) in [5.74, 6) is 0.0565. The number of carbonyl (C=O) groups excluding carboxylic acids is 1. The van der Waals surface area contributed by atoms with Crippen molar-refractivity contribution in [1.82, 2.24) is 0 Å². The van der Waals surface area contributed by atoms with E-state index in [1.165, 1.54) is 6.92 Å². The Hall–Kier alpha value is -1.15. The van der Waals surface area contributed by atoms with Crippen molar-refractivity contribution in [3.63, 3.8) is 0 Å². The molecule has 1 rings (SSSR count). The second-order valence-electron chi connectivity index (χ2n) is 3.61. The van der Waals surface area contributed by atoms with Crippen LogP contribution in [0.25, 0.3) is 0 Å². The standard InChI is InChI=1S/C12H16O2.C2H6/c1-9-5-4-6-10(2)12(7-9)14-8-11(3)13;1-2/h4-7,12H,8H2,1-3H3;1-2H3. The van der Waals surface area contributed by atoms with Gasteiger partial charge in [0.25, 0.3) is 0 Å². The smallest absolute Gasteiger partial charge is 0.155 e. The average molecular weight is 222 g/mol. The monoisotopic (exact) mass is 222 g/mol. The minimum absolute atomic E-state index is 0.0565. The number of ether oxygens (including phenoxy) is 1. The molecule has 90 valence electrons. The zero-order chi connectivity index (χ0) is 12.6. The molecule has 0 fully saturated rings. The molecule has 0 N–H and O–H groups in total. The molecule has 0 saturated heterocycles. The highest BCUT2D eigenvalue weighted by Crippen LogP contribution is 2.14. The third-order valence-corrected chi connectivity index (χ3v) is 2.05. The summed E-state index contributed by atoms with van der Waals surface area (Å²) in [6, 6.07) is 0. The molecule has 0 radical (unpaired) electrons. The van der Waals surface area contributed by atoms with Crippen LogP contribution in [0.2, 0.25) is 0 Å². The van der Waals surface area contributed by atoms with Gasteiger partial charge in [-0.25, -0.2) is 0 Å². The van der Waals surface area contributed by atoms with Crippen LogP contribution in [-0.4, -0.2) is 18.5 Å². The first-order valence-corrected chi connectivity index (χ1v) is 5.74. The van der Waals surface area contributed by atoms with Crippen LogP contribution in [0.4, 0.5) is 0 Å². The summed E-state index contributed by atoms with van der Waals surface area (Å²) in [4.78, 5) is 10.8. The van der Waals surface area contributed by atoms with Gasteiger partial charge in [0.1, 0.15) is 6.61 Å². The molecule has 2 nitrogen and oxygen atoms in total. The van der Waals surface area contributed by atoms with Crippen LogP contribution in [0.3, 0.4) is 0 Å². The van der Waals surface area contributed by atoms with Crippen molar-refractivity contribution in [2.24, 2.45) is 0 Å². The lowest BCUT2D eigenvalue weighted by Crippen LogP contribution is -2.16. The molecule has 1 aliphatic carbocycles. The number of Topliss-reactive ketones (excluding diaryl/α,β-unsaturated/α-hetero) is 1. The lowest BCUT2D eigenvalue weighted by Gasteiger charge is -2.13. The Balaban J connectivity index is 0.00000106. The second kappa shape index (κ2) is 8.05. The van der Waals surface area contributed by atoms with Gasteiger partial charge in [0.15, 0.2) is 5.78 Å². The molecule has 0 aromatic rings. The molecule has 0 aliphatic heterocycles. The van der Waals surface area contributed by atoms with Gasteiger partial charge in [-0.3, -0.25) is 4.79 Å². The maximum Gasteiger partial charge on any atom is 0.155 e. The Morgan fingerprint density at radius 3 is 2.56 bits per heavy atom. The van der Waals surface area contributed by atoms with E-state index in [9.17, 15) is 4.79 Å². The molecular weight excluding hydrogens is 200 g/mol. The van der Waals surface area contributed by atoms with Gasteiger partial charge in [0, 0.05) is 0 Å². The minimum atomic E-state index is -0.0612. The van der Waals surface area contributed by atoms with Gasteiger partial charge in [-0.05, 0) is 32.4 Å². The van der Waals surface area contributed by atoms with Crippen LogP contribution >= 0.6 is 0 Å². The van der Waals surface area contributed by atoms with Crippen LogP contribution in [0.5, 0.6) is 0 Å². The van der Waals surface area contributed by atoms with Crippen molar-refractivity contribution in [2.45, 2.75) is 40.7 Å². The summed E-state index contributed by atoms with van der Waals surface area (Å²) in [7, 11) is 0. The van der Waals surface area contributed by atoms with Crippen LogP contribution in [0, 0.1) is 0 Å². The van der Waals surface area contributed by atoms with Crippen LogP contribution < -0.4 is 0 Å². The van der Waals surface area contributed by atoms with E-state index in [-0.39, 0.29) is 18.5 Å². The number of allylic oxidation sites excluding steroid dienone is 4. The molecule has 0 amide bonds. The summed E-state index contributed by atoms with van der Waals surface area (Å²) >= 11 is 0. The maximum absolute atomic E-state index is 10.8. The molecule has 1 atom stereocenters. The lowest BCUT2D eigenvalue weighted by molar-refractivity contribution is -0.122. The molecule has 16 heavy (non-hydrogen) atoms. The van der Waals surface area contributed by atoms with Crippen LogP contribution in [-0.2, 0) is 9.53 Å². The SMILES string of the molecule is CC.CC(=O)COC1C=C(C)C=CC=C1C. The topological polar surface area (TPSA) is 26.3 Å². The summed E-state index contributed by atoms with van der Waals surface area (Å²) < 4.78 is 5.47. The number of hydrogen-bond donors (Lipinski definition) is 0. The maximum atomic E-state index is 10.8. The summed E-state index contributed by atoms with van der Waals surface area (Å²) in [6.45, 7) is 9.74. The van der Waals surface area contributed by atoms with E-state index in [4.69, 9.17) is 4.74 Å². The average Bonchev–Trinajstić information content (AvgIpc) is 2.41. The third-order valence-electron chi connectivity index (χ3n) is 2.05. The normalized spacial score (nSPS) is 18.9. The van der Waals surface area contributed by atoms with E-state index in [2.05, 4.69) is 0 Å². The Bertz CT molecular complexity index is 309. The molecule has 0 aromatic carbocycles. The molecule has 0 spiro atoms. The van der Waals surface area contributed by atoms with Gasteiger partial charge >= 0.3 is 0 Å². The fraction of sp³-hybridized carbons (Fsp3) is 0.500. The molecule has 0 heterocycles. The van der Waals surface area contributed by atoms with Crippen molar-refractivity contribution in [1.29, 1.82) is 0 Å². The third kappa shape index (κ3) is 5.66. The zero-order valence-electron chi connectivity index (χ0n) is 10.9. The first-order valence-electron chi connectivity index (χ1n) is 5.74. The van der Waals surface area contributed by atoms with E-state index in [1.54, 1.807) is 0 Å². The van der Waals surface area contributed by atoms with Gasteiger partial charge < -0.3 is 4.74 Å². The predicted molar refractivity (Wildman–Crippen MR) is 68.4 cm³/mol. The fourth-order valence-corrected chi connectivity index (χ4v) is 1.26. The van der Waals surface area contributed by atoms with Crippen LogP contribution in [0.1, 0.15) is 34.6 Å². The van der Waals surface area contributed by atoms with Crippen molar-refractivity contribution in [3.05, 3.63) is 35.5 Å². The number of carbonyl (C=O) groups is 1. The first-order chi connectivity index (χ1) is 7.59. The van der Waals surface area contributed by atoms with E-state index < -0.39 is 0 Å². The first kappa shape index (κ1) is 14.8. The Kier molecular flexibility index (Phi) is 7.48. The van der Waals surface area contributed by atoms with Gasteiger partial charge in [0.05, 0.1) is 6.10 Å². The van der Waals surface area contributed by atoms with E-state index in [1.807, 2.05) is 52.0 Å². The minimum Gasteiger partial charge on any atom is -0.362 e. The molecule has 2 heteroatoms. The molecule has 0 aromatic heterocycles. The summed E-state index contributed by atoms with van der Waals surface area (Å²) in [5.41, 5.74) is 2.28. The Morgan fingerprint density at radius 1 is 1.38 bits per heavy atom. The molecule has 0 bridgehead atoms. The summed E-state index contributed by atoms with van der Waals surface area (Å²) in [5, 5.41) is 0. The van der Waals surface area contributed by atoms with Crippen LogP contribution in [0.15, 0.2) is 35.5 Å².